The second-order valence-electron chi connectivity index (χ2n) is 35.6. The van der Waals surface area contributed by atoms with Crippen molar-refractivity contribution < 1.29 is 0 Å². The van der Waals surface area contributed by atoms with Crippen LogP contribution in [0.25, 0.3) is 180 Å². The summed E-state index contributed by atoms with van der Waals surface area (Å²) in [4.78, 5) is 46.2. The molecule has 0 bridgehead atoms. The minimum absolute atomic E-state index is 0.0932. The highest BCUT2D eigenvalue weighted by molar-refractivity contribution is 6.01. The summed E-state index contributed by atoms with van der Waals surface area (Å²) < 4.78 is 0. The normalized spacial score (nSPS) is 12.9. The van der Waals surface area contributed by atoms with E-state index in [1.165, 1.54) is 94.6 Å². The molecule has 644 valence electrons. The molecular weight excluding hydrogens is 1660 g/mol. The Morgan fingerprint density at radius 2 is 0.328 bits per heavy atom. The average molecular weight is 1750 g/mol. The topological polar surface area (TPSA) is 116 Å². The van der Waals surface area contributed by atoms with Crippen LogP contribution < -0.4 is 0 Å². The van der Waals surface area contributed by atoms with Gasteiger partial charge < -0.3 is 0 Å². The summed E-state index contributed by atoms with van der Waals surface area (Å²) in [5, 5.41) is 0. The highest BCUT2D eigenvalue weighted by Gasteiger charge is 2.53. The number of nitrogens with zero attached hydrogens (tertiary/aromatic N) is 9. The minimum Gasteiger partial charge on any atom is -0.208 e. The van der Waals surface area contributed by atoms with Gasteiger partial charge in [0.1, 0.15) is 0 Å². The molecule has 9 nitrogen and oxygen atoms in total. The Labute approximate surface area is 796 Å². The summed E-state index contributed by atoms with van der Waals surface area (Å²) >= 11 is 0. The van der Waals surface area contributed by atoms with Gasteiger partial charge in [0, 0.05) is 55.5 Å². The van der Waals surface area contributed by atoms with E-state index < -0.39 is 10.8 Å². The average Bonchev–Trinajstić information content (AvgIpc) is 1.47. The number of hydrogen-bond acceptors (Lipinski definition) is 9. The predicted octanol–water partition coefficient (Wildman–Crippen LogP) is 30.6. The first-order chi connectivity index (χ1) is 67.7. The molecule has 0 aliphatic heterocycles. The lowest BCUT2D eigenvalue weighted by Crippen LogP contribution is -2.28. The molecule has 22 aromatic rings. The molecule has 0 radical (unpaired) electrons. The molecule has 9 heteroatoms. The summed E-state index contributed by atoms with van der Waals surface area (Å²) in [5.41, 5.74) is 37.1. The van der Waals surface area contributed by atoms with Gasteiger partial charge in [-0.1, -0.05) is 487 Å². The van der Waals surface area contributed by atoms with Gasteiger partial charge in [0.15, 0.2) is 52.4 Å². The lowest BCUT2D eigenvalue weighted by atomic mass is 9.67. The number of benzene rings is 19. The third-order valence-electron chi connectivity index (χ3n) is 27.5. The maximum atomic E-state index is 5.27. The SMILES string of the molecule is CC1(C)c2ccccc2-c2c(-c3nc(-c4ccccc4)nc(-c4cccc(-c5ccccc5)c4)n3)cccc21.c1ccc(-c2cccc(-c3nc(-c4ccccc4)nc(-c4cccc5c4-c4ccccc4C5(c4ccccc4)c4ccccc4)n3)c2)cc1.c1ccc(-c2cccc(-c3nc(-c4ccccc4)nc(-c4cccc5c4-c4ccccc4C54c5ccccc5-c5ccccc54)n3)c2)cc1. The fourth-order valence-corrected chi connectivity index (χ4v) is 21.4. The second kappa shape index (κ2) is 34.7. The molecule has 4 aliphatic carbocycles. The Balaban J connectivity index is 0.000000113. The molecule has 0 saturated heterocycles. The predicted molar refractivity (Wildman–Crippen MR) is 556 cm³/mol. The van der Waals surface area contributed by atoms with Gasteiger partial charge in [-0.15, -0.1) is 0 Å². The quantitative estimate of drug-likeness (QED) is 0.105. The summed E-state index contributed by atoms with van der Waals surface area (Å²) in [6, 6.07) is 173. The van der Waals surface area contributed by atoms with Gasteiger partial charge in [0.2, 0.25) is 0 Å². The number of rotatable bonds is 14. The summed E-state index contributed by atoms with van der Waals surface area (Å²) in [5.74, 6) is 5.93. The van der Waals surface area contributed by atoms with Crippen LogP contribution in [-0.2, 0) is 16.2 Å². The fourth-order valence-electron chi connectivity index (χ4n) is 21.4. The third-order valence-corrected chi connectivity index (χ3v) is 27.5. The van der Waals surface area contributed by atoms with Crippen LogP contribution in [-0.4, -0.2) is 44.9 Å². The maximum Gasteiger partial charge on any atom is 0.164 e. The number of hydrogen-bond donors (Lipinski definition) is 0. The second-order valence-corrected chi connectivity index (χ2v) is 35.6. The lowest BCUT2D eigenvalue weighted by molar-refractivity contribution is 0.660. The summed E-state index contributed by atoms with van der Waals surface area (Å²) in [6.07, 6.45) is 0. The molecule has 1 spiro atoms. The molecule has 26 rings (SSSR count). The fraction of sp³-hybridized carbons (Fsp3) is 0.0391. The van der Waals surface area contributed by atoms with E-state index in [0.717, 1.165) is 89.0 Å². The van der Waals surface area contributed by atoms with Crippen LogP contribution in [0.3, 0.4) is 0 Å². The van der Waals surface area contributed by atoms with Crippen molar-refractivity contribution >= 4 is 0 Å². The van der Waals surface area contributed by atoms with E-state index in [1.807, 2.05) is 72.8 Å². The first-order valence-electron chi connectivity index (χ1n) is 46.6. The molecule has 0 atom stereocenters. The Bertz CT molecular complexity index is 8000. The smallest absolute Gasteiger partial charge is 0.164 e. The molecule has 3 heterocycles. The van der Waals surface area contributed by atoms with Gasteiger partial charge in [-0.25, -0.2) is 44.9 Å². The minimum atomic E-state index is -0.507. The zero-order valence-electron chi connectivity index (χ0n) is 75.3. The van der Waals surface area contributed by atoms with Crippen LogP contribution in [0.1, 0.15) is 69.5 Å². The molecule has 0 N–H and O–H groups in total. The summed E-state index contributed by atoms with van der Waals surface area (Å²) in [7, 11) is 0. The van der Waals surface area contributed by atoms with Crippen molar-refractivity contribution in [3.8, 4) is 180 Å². The molecule has 3 aromatic heterocycles. The molecule has 0 fully saturated rings. The van der Waals surface area contributed by atoms with Gasteiger partial charge in [-0.3, -0.25) is 0 Å². The van der Waals surface area contributed by atoms with E-state index in [1.54, 1.807) is 0 Å². The Morgan fingerprint density at radius 3 is 0.664 bits per heavy atom. The van der Waals surface area contributed by atoms with Crippen molar-refractivity contribution in [2.24, 2.45) is 0 Å². The van der Waals surface area contributed by atoms with Crippen LogP contribution in [0, 0.1) is 0 Å². The molecule has 19 aromatic carbocycles. The number of aromatic nitrogens is 9. The Hall–Kier alpha value is -17.8. The zero-order chi connectivity index (χ0) is 91.4. The van der Waals surface area contributed by atoms with Gasteiger partial charge in [-0.05, 0) is 152 Å². The first kappa shape index (κ1) is 82.4. The standard InChI is InChI=1S/C46H29N3.C46H31N3.C36H27N3/c1-3-15-30(16-4-1)32-19-13-20-33(29-32)44-47-43(31-17-5-2-6-18-31)48-45(49-44)37-24-14-28-41-42(37)36-23-9-12-27-40(36)46(41)38-25-10-7-21-34(38)35-22-8-11-26-39(35)46;1-5-17-32(18-6-1)34-21-15-22-35(31-34)44-47-43(33-19-7-2-8-20-33)48-45(49-44)39-28-16-30-41-42(39)38-27-13-14-29-40(38)46(41,36-23-9-3-10-24-36)37-25-11-4-12-26-37;1-36(2)30-21-10-9-19-28(30)32-29(20-12-22-31(32)36)35-38-33(25-15-7-4-8-16-25)37-34(39-35)27-18-11-17-26(23-27)24-13-5-3-6-14-24/h1-29H;1-31H;3-23H,1-2H3. The third kappa shape index (κ3) is 14.4. The maximum absolute atomic E-state index is 5.27. The van der Waals surface area contributed by atoms with Crippen molar-refractivity contribution in [1.82, 2.24) is 44.9 Å². The Morgan fingerprint density at radius 1 is 0.131 bits per heavy atom. The van der Waals surface area contributed by atoms with Gasteiger partial charge in [-0.2, -0.15) is 0 Å². The van der Waals surface area contributed by atoms with E-state index in [9.17, 15) is 0 Å². The molecule has 0 unspecified atom stereocenters. The van der Waals surface area contributed by atoms with Crippen molar-refractivity contribution in [2.45, 2.75) is 30.1 Å². The lowest BCUT2D eigenvalue weighted by Gasteiger charge is -2.33. The van der Waals surface area contributed by atoms with Crippen LogP contribution in [0.5, 0.6) is 0 Å². The molecule has 0 saturated carbocycles. The molecule has 4 aliphatic rings. The largest absolute Gasteiger partial charge is 0.208 e. The van der Waals surface area contributed by atoms with Crippen LogP contribution in [0.2, 0.25) is 0 Å². The van der Waals surface area contributed by atoms with Crippen LogP contribution in [0.4, 0.5) is 0 Å². The first-order valence-corrected chi connectivity index (χ1v) is 46.6. The van der Waals surface area contributed by atoms with Gasteiger partial charge in [0.25, 0.3) is 0 Å². The van der Waals surface area contributed by atoms with Gasteiger partial charge >= 0.3 is 0 Å². The van der Waals surface area contributed by atoms with Crippen molar-refractivity contribution in [3.63, 3.8) is 0 Å². The van der Waals surface area contributed by atoms with E-state index in [-0.39, 0.29) is 5.41 Å². The number of fused-ring (bicyclic) bond motifs is 16. The molecule has 137 heavy (non-hydrogen) atoms. The molecular formula is C128H87N9. The van der Waals surface area contributed by atoms with E-state index in [0.29, 0.717) is 52.4 Å². The Kier molecular flexibility index (Phi) is 20.9. The van der Waals surface area contributed by atoms with Crippen molar-refractivity contribution in [2.75, 3.05) is 0 Å². The summed E-state index contributed by atoms with van der Waals surface area (Å²) in [6.45, 7) is 4.59. The highest BCUT2D eigenvalue weighted by atomic mass is 15.1. The van der Waals surface area contributed by atoms with E-state index >= 15 is 0 Å². The monoisotopic (exact) mass is 1750 g/mol. The van der Waals surface area contributed by atoms with Gasteiger partial charge in [0.05, 0.1) is 10.8 Å². The van der Waals surface area contributed by atoms with Crippen LogP contribution in [0.15, 0.2) is 491 Å². The van der Waals surface area contributed by atoms with E-state index in [4.69, 9.17) is 44.9 Å². The molecule has 0 amide bonds. The highest BCUT2D eigenvalue weighted by Crippen LogP contribution is 2.65. The zero-order valence-corrected chi connectivity index (χ0v) is 75.3. The van der Waals surface area contributed by atoms with E-state index in [2.05, 4.69) is 432 Å². The van der Waals surface area contributed by atoms with Crippen molar-refractivity contribution in [3.05, 3.63) is 547 Å². The van der Waals surface area contributed by atoms with Crippen molar-refractivity contribution in [1.29, 1.82) is 0 Å². The van der Waals surface area contributed by atoms with Crippen LogP contribution >= 0.6 is 0 Å².